The summed E-state index contributed by atoms with van der Waals surface area (Å²) < 4.78 is 5.58. The summed E-state index contributed by atoms with van der Waals surface area (Å²) in [6.45, 7) is 5.27. The van der Waals surface area contributed by atoms with Crippen molar-refractivity contribution < 1.29 is 4.42 Å². The van der Waals surface area contributed by atoms with Gasteiger partial charge in [0, 0.05) is 12.5 Å². The van der Waals surface area contributed by atoms with Crippen molar-refractivity contribution in [3.8, 4) is 0 Å². The van der Waals surface area contributed by atoms with Crippen LogP contribution in [0.5, 0.6) is 0 Å². The van der Waals surface area contributed by atoms with Crippen LogP contribution >= 0.6 is 0 Å². The van der Waals surface area contributed by atoms with E-state index in [1.54, 1.807) is 0 Å². The van der Waals surface area contributed by atoms with Gasteiger partial charge in [0.25, 0.3) is 0 Å². The van der Waals surface area contributed by atoms with Gasteiger partial charge in [-0.15, -0.1) is 0 Å². The zero-order valence-corrected chi connectivity index (χ0v) is 8.34. The Morgan fingerprint density at radius 2 is 2.15 bits per heavy atom. The largest absolute Gasteiger partial charge is 0.465 e. The van der Waals surface area contributed by atoms with E-state index in [1.165, 1.54) is 6.42 Å². The Morgan fingerprint density at radius 1 is 1.46 bits per heavy atom. The molecule has 1 saturated carbocycles. The topological polar surface area (TPSA) is 25.2 Å². The first-order chi connectivity index (χ1) is 6.29. The maximum atomic E-state index is 5.58. The molecule has 0 aliphatic heterocycles. The summed E-state index contributed by atoms with van der Waals surface area (Å²) in [4.78, 5) is 0. The number of hydrogen-bond acceptors (Lipinski definition) is 2. The van der Waals surface area contributed by atoms with E-state index >= 15 is 0 Å². The van der Waals surface area contributed by atoms with Crippen molar-refractivity contribution in [2.24, 2.45) is 5.92 Å². The van der Waals surface area contributed by atoms with Crippen molar-refractivity contribution >= 4 is 0 Å². The van der Waals surface area contributed by atoms with E-state index in [1.807, 2.05) is 0 Å². The maximum Gasteiger partial charge on any atom is 0.117 e. The van der Waals surface area contributed by atoms with E-state index in [9.17, 15) is 0 Å². The quantitative estimate of drug-likeness (QED) is 0.767. The normalized spacial score (nSPS) is 26.3. The van der Waals surface area contributed by atoms with Crippen molar-refractivity contribution in [3.05, 3.63) is 23.7 Å². The van der Waals surface area contributed by atoms with Gasteiger partial charge >= 0.3 is 0 Å². The average Bonchev–Trinajstić information content (AvgIpc) is 2.68. The zero-order chi connectivity index (χ0) is 9.26. The van der Waals surface area contributed by atoms with Crippen molar-refractivity contribution in [2.45, 2.75) is 39.3 Å². The molecule has 1 N–H and O–H groups in total. The summed E-state index contributed by atoms with van der Waals surface area (Å²) >= 11 is 0. The van der Waals surface area contributed by atoms with Gasteiger partial charge in [-0.3, -0.25) is 0 Å². The highest BCUT2D eigenvalue weighted by molar-refractivity contribution is 5.07. The lowest BCUT2D eigenvalue weighted by Gasteiger charge is -1.99. The van der Waals surface area contributed by atoms with E-state index in [0.717, 1.165) is 36.4 Å². The standard InChI is InChI=1S/C11H17NO/c1-3-9-4-5-10(13-9)7-12-11-6-8(11)2/h4-5,8,11-12H,3,6-7H2,1-2H3. The summed E-state index contributed by atoms with van der Waals surface area (Å²) in [6, 6.07) is 4.86. The SMILES string of the molecule is CCc1ccc(CNC2CC2C)o1. The van der Waals surface area contributed by atoms with Gasteiger partial charge in [0.2, 0.25) is 0 Å². The van der Waals surface area contributed by atoms with Gasteiger partial charge in [0.15, 0.2) is 0 Å². The molecule has 0 aromatic carbocycles. The summed E-state index contributed by atoms with van der Waals surface area (Å²) in [5, 5.41) is 3.47. The lowest BCUT2D eigenvalue weighted by molar-refractivity contribution is 0.447. The molecule has 2 atom stereocenters. The minimum atomic E-state index is 0.732. The van der Waals surface area contributed by atoms with E-state index in [0.29, 0.717) is 0 Å². The third kappa shape index (κ3) is 2.13. The lowest BCUT2D eigenvalue weighted by atomic mass is 10.3. The highest BCUT2D eigenvalue weighted by Crippen LogP contribution is 2.29. The summed E-state index contributed by atoms with van der Waals surface area (Å²) in [6.07, 6.45) is 2.31. The van der Waals surface area contributed by atoms with Crippen molar-refractivity contribution in [1.29, 1.82) is 0 Å². The van der Waals surface area contributed by atoms with Gasteiger partial charge in [-0.1, -0.05) is 13.8 Å². The molecule has 1 aromatic heterocycles. The maximum absolute atomic E-state index is 5.58. The van der Waals surface area contributed by atoms with Gasteiger partial charge < -0.3 is 9.73 Å². The fraction of sp³-hybridized carbons (Fsp3) is 0.636. The molecule has 2 heteroatoms. The number of hydrogen-bond donors (Lipinski definition) is 1. The minimum absolute atomic E-state index is 0.732. The highest BCUT2D eigenvalue weighted by Gasteiger charge is 2.31. The summed E-state index contributed by atoms with van der Waals surface area (Å²) in [5.74, 6) is 3.01. The molecule has 0 amide bonds. The molecule has 2 nitrogen and oxygen atoms in total. The third-order valence-corrected chi connectivity index (χ3v) is 2.71. The van der Waals surface area contributed by atoms with Crippen LogP contribution in [-0.2, 0) is 13.0 Å². The number of furan rings is 1. The second-order valence-corrected chi connectivity index (χ2v) is 3.92. The molecule has 0 radical (unpaired) electrons. The molecule has 1 aliphatic rings. The molecule has 1 heterocycles. The molecule has 2 unspecified atom stereocenters. The monoisotopic (exact) mass is 179 g/mol. The molecule has 72 valence electrons. The molecular formula is C11H17NO. The molecule has 0 bridgehead atoms. The van der Waals surface area contributed by atoms with Crippen LogP contribution in [0, 0.1) is 5.92 Å². The van der Waals surface area contributed by atoms with Crippen molar-refractivity contribution in [3.63, 3.8) is 0 Å². The Balaban J connectivity index is 1.80. The first kappa shape index (κ1) is 8.82. The molecule has 1 aromatic rings. The van der Waals surface area contributed by atoms with E-state index in [-0.39, 0.29) is 0 Å². The van der Waals surface area contributed by atoms with Gasteiger partial charge in [-0.25, -0.2) is 0 Å². The predicted molar refractivity (Wildman–Crippen MR) is 52.5 cm³/mol. The molecule has 13 heavy (non-hydrogen) atoms. The van der Waals surface area contributed by atoms with Crippen LogP contribution in [-0.4, -0.2) is 6.04 Å². The second kappa shape index (κ2) is 3.54. The minimum Gasteiger partial charge on any atom is -0.465 e. The number of rotatable bonds is 4. The Hall–Kier alpha value is -0.760. The van der Waals surface area contributed by atoms with Gasteiger partial charge in [-0.2, -0.15) is 0 Å². The summed E-state index contributed by atoms with van der Waals surface area (Å²) in [7, 11) is 0. The fourth-order valence-corrected chi connectivity index (χ4v) is 1.55. The van der Waals surface area contributed by atoms with E-state index in [4.69, 9.17) is 4.42 Å². The van der Waals surface area contributed by atoms with Crippen LogP contribution in [0.15, 0.2) is 16.5 Å². The Morgan fingerprint density at radius 3 is 2.69 bits per heavy atom. The van der Waals surface area contributed by atoms with E-state index in [2.05, 4.69) is 31.3 Å². The summed E-state index contributed by atoms with van der Waals surface area (Å²) in [5.41, 5.74) is 0. The van der Waals surface area contributed by atoms with E-state index < -0.39 is 0 Å². The first-order valence-corrected chi connectivity index (χ1v) is 5.10. The average molecular weight is 179 g/mol. The molecule has 0 spiro atoms. The molecule has 2 rings (SSSR count). The van der Waals surface area contributed by atoms with Crippen LogP contribution in [0.3, 0.4) is 0 Å². The van der Waals surface area contributed by atoms with Gasteiger partial charge in [0.1, 0.15) is 11.5 Å². The molecule has 0 saturated heterocycles. The number of aryl methyl sites for hydroxylation is 1. The predicted octanol–water partition coefficient (Wildman–Crippen LogP) is 2.34. The van der Waals surface area contributed by atoms with Crippen LogP contribution in [0.25, 0.3) is 0 Å². The van der Waals surface area contributed by atoms with Crippen LogP contribution < -0.4 is 5.32 Å². The van der Waals surface area contributed by atoms with Crippen molar-refractivity contribution in [2.75, 3.05) is 0 Å². The van der Waals surface area contributed by atoms with Crippen LogP contribution in [0.2, 0.25) is 0 Å². The third-order valence-electron chi connectivity index (χ3n) is 2.71. The molecular weight excluding hydrogens is 162 g/mol. The smallest absolute Gasteiger partial charge is 0.117 e. The molecule has 1 fully saturated rings. The van der Waals surface area contributed by atoms with Gasteiger partial charge in [0.05, 0.1) is 6.54 Å². The Kier molecular flexibility index (Phi) is 2.40. The lowest BCUT2D eigenvalue weighted by Crippen LogP contribution is -2.16. The van der Waals surface area contributed by atoms with Crippen LogP contribution in [0.1, 0.15) is 31.8 Å². The Bertz CT molecular complexity index is 279. The van der Waals surface area contributed by atoms with Crippen LogP contribution in [0.4, 0.5) is 0 Å². The van der Waals surface area contributed by atoms with Crippen molar-refractivity contribution in [1.82, 2.24) is 5.32 Å². The second-order valence-electron chi connectivity index (χ2n) is 3.92. The zero-order valence-electron chi connectivity index (χ0n) is 8.34. The first-order valence-electron chi connectivity index (χ1n) is 5.10. The fourth-order valence-electron chi connectivity index (χ4n) is 1.55. The van der Waals surface area contributed by atoms with Gasteiger partial charge in [-0.05, 0) is 24.5 Å². The number of nitrogens with one attached hydrogen (secondary N) is 1. The highest BCUT2D eigenvalue weighted by atomic mass is 16.3. The Labute approximate surface area is 79.3 Å². The molecule has 1 aliphatic carbocycles.